The van der Waals surface area contributed by atoms with Crippen molar-refractivity contribution in [1.82, 2.24) is 5.32 Å². The van der Waals surface area contributed by atoms with Crippen molar-refractivity contribution in [3.8, 4) is 0 Å². The number of benzene rings is 1. The zero-order valence-corrected chi connectivity index (χ0v) is 14.7. The summed E-state index contributed by atoms with van der Waals surface area (Å²) in [7, 11) is -3.78. The standard InChI is InChI=1S/C14H21N5O2S2/c1-14(2,16)11-5-3-4-10(8-11)9-22-7-6-17-13-12(15)18-23(20,21)19-13/h3-5,8H,6-7,9,16H2,1-2H3,(H2,15,18)(H,17,19). The minimum absolute atomic E-state index is 0.0899. The van der Waals surface area contributed by atoms with Gasteiger partial charge in [0, 0.05) is 23.6 Å². The first-order valence-corrected chi connectivity index (χ1v) is 9.63. The second kappa shape index (κ2) is 6.90. The molecule has 1 aromatic carbocycles. The van der Waals surface area contributed by atoms with E-state index in [1.54, 1.807) is 11.8 Å². The molecule has 0 radical (unpaired) electrons. The molecule has 1 heterocycles. The van der Waals surface area contributed by atoms with Gasteiger partial charge in [0.15, 0.2) is 11.7 Å². The van der Waals surface area contributed by atoms with Gasteiger partial charge in [-0.05, 0) is 25.0 Å². The van der Waals surface area contributed by atoms with Crippen LogP contribution in [-0.4, -0.2) is 32.4 Å². The molecule has 0 amide bonds. The lowest BCUT2D eigenvalue weighted by molar-refractivity contribution is 0.554. The minimum atomic E-state index is -3.78. The fraction of sp³-hybridized carbons (Fsp3) is 0.429. The molecule has 0 aliphatic carbocycles. The lowest BCUT2D eigenvalue weighted by Crippen LogP contribution is -2.35. The van der Waals surface area contributed by atoms with Crippen molar-refractivity contribution in [3.63, 3.8) is 0 Å². The first kappa shape index (κ1) is 17.8. The van der Waals surface area contributed by atoms with Crippen LogP contribution < -0.4 is 16.8 Å². The quantitative estimate of drug-likeness (QED) is 0.646. The Hall–Kier alpha value is -1.58. The Morgan fingerprint density at radius 1 is 1.30 bits per heavy atom. The third kappa shape index (κ3) is 5.22. The number of amidine groups is 2. The first-order valence-electron chi connectivity index (χ1n) is 7.08. The van der Waals surface area contributed by atoms with Crippen molar-refractivity contribution in [2.45, 2.75) is 25.1 Å². The van der Waals surface area contributed by atoms with Crippen molar-refractivity contribution in [1.29, 1.82) is 0 Å². The van der Waals surface area contributed by atoms with Crippen molar-refractivity contribution in [3.05, 3.63) is 35.4 Å². The zero-order valence-electron chi connectivity index (χ0n) is 13.1. The molecule has 1 aliphatic heterocycles. The number of hydrogen-bond donors (Lipinski definition) is 3. The molecular weight excluding hydrogens is 334 g/mol. The third-order valence-electron chi connectivity index (χ3n) is 3.14. The topological polar surface area (TPSA) is 123 Å². The van der Waals surface area contributed by atoms with E-state index in [2.05, 4.69) is 26.2 Å². The van der Waals surface area contributed by atoms with E-state index in [1.165, 1.54) is 5.56 Å². The van der Waals surface area contributed by atoms with Gasteiger partial charge in [0.1, 0.15) is 0 Å². The molecule has 2 rings (SSSR count). The van der Waals surface area contributed by atoms with Crippen LogP contribution in [0, 0.1) is 0 Å². The summed E-state index contributed by atoms with van der Waals surface area (Å²) in [5, 5.41) is 2.88. The van der Waals surface area contributed by atoms with Crippen LogP contribution in [-0.2, 0) is 21.5 Å². The monoisotopic (exact) mass is 355 g/mol. The van der Waals surface area contributed by atoms with Gasteiger partial charge in [-0.3, -0.25) is 0 Å². The Bertz CT molecular complexity index is 736. The van der Waals surface area contributed by atoms with Gasteiger partial charge in [-0.25, -0.2) is 0 Å². The molecular formula is C14H21N5O2S2. The average molecular weight is 355 g/mol. The van der Waals surface area contributed by atoms with E-state index in [0.717, 1.165) is 17.1 Å². The predicted octanol–water partition coefficient (Wildman–Crippen LogP) is 0.717. The maximum absolute atomic E-state index is 11.1. The highest BCUT2D eigenvalue weighted by molar-refractivity contribution is 7.98. The first-order chi connectivity index (χ1) is 10.7. The predicted molar refractivity (Wildman–Crippen MR) is 95.8 cm³/mol. The Morgan fingerprint density at radius 2 is 2.04 bits per heavy atom. The number of nitrogens with two attached hydrogens (primary N) is 2. The summed E-state index contributed by atoms with van der Waals surface area (Å²) < 4.78 is 28.9. The van der Waals surface area contributed by atoms with Crippen LogP contribution >= 0.6 is 11.8 Å². The summed E-state index contributed by atoms with van der Waals surface area (Å²) in [6.45, 7) is 4.51. The molecule has 5 N–H and O–H groups in total. The molecule has 0 atom stereocenters. The molecule has 0 saturated carbocycles. The number of thioether (sulfide) groups is 1. The van der Waals surface area contributed by atoms with Crippen LogP contribution in [0.1, 0.15) is 25.0 Å². The van der Waals surface area contributed by atoms with Crippen molar-refractivity contribution in [2.24, 2.45) is 20.3 Å². The van der Waals surface area contributed by atoms with Gasteiger partial charge in [0.25, 0.3) is 0 Å². The Morgan fingerprint density at radius 3 is 2.65 bits per heavy atom. The van der Waals surface area contributed by atoms with Crippen LogP contribution in [0.15, 0.2) is 33.1 Å². The minimum Gasteiger partial charge on any atom is -0.380 e. The van der Waals surface area contributed by atoms with Crippen molar-refractivity contribution >= 4 is 33.6 Å². The molecule has 0 aromatic heterocycles. The van der Waals surface area contributed by atoms with Gasteiger partial charge in [0.05, 0.1) is 0 Å². The van der Waals surface area contributed by atoms with Gasteiger partial charge in [-0.15, -0.1) is 8.80 Å². The van der Waals surface area contributed by atoms with E-state index < -0.39 is 10.2 Å². The largest absolute Gasteiger partial charge is 0.380 e. The maximum atomic E-state index is 11.1. The van der Waals surface area contributed by atoms with Crippen LogP contribution in [0.3, 0.4) is 0 Å². The summed E-state index contributed by atoms with van der Waals surface area (Å²) in [6.07, 6.45) is 0. The average Bonchev–Trinajstić information content (AvgIpc) is 2.70. The SMILES string of the molecule is CC(C)(N)c1cccc(CSCCNC2=NS(=O)(=O)N=C2N)c1. The van der Waals surface area contributed by atoms with E-state index in [4.69, 9.17) is 11.5 Å². The molecule has 1 aliphatic rings. The van der Waals surface area contributed by atoms with Crippen LogP contribution in [0.4, 0.5) is 0 Å². The van der Waals surface area contributed by atoms with Gasteiger partial charge in [-0.1, -0.05) is 24.3 Å². The highest BCUT2D eigenvalue weighted by Gasteiger charge is 2.20. The molecule has 126 valence electrons. The number of hydrogen-bond acceptors (Lipinski definition) is 6. The molecule has 0 unspecified atom stereocenters. The van der Waals surface area contributed by atoms with Crippen molar-refractivity contribution in [2.75, 3.05) is 12.3 Å². The van der Waals surface area contributed by atoms with Crippen LogP contribution in [0.2, 0.25) is 0 Å². The highest BCUT2D eigenvalue weighted by Crippen LogP contribution is 2.20. The fourth-order valence-corrected chi connectivity index (χ4v) is 3.54. The fourth-order valence-electron chi connectivity index (χ4n) is 1.97. The lowest BCUT2D eigenvalue weighted by atomic mass is 9.94. The van der Waals surface area contributed by atoms with E-state index in [-0.39, 0.29) is 17.2 Å². The molecule has 1 aromatic rings. The van der Waals surface area contributed by atoms with Gasteiger partial charge >= 0.3 is 10.2 Å². The molecule has 23 heavy (non-hydrogen) atoms. The maximum Gasteiger partial charge on any atom is 0.367 e. The number of rotatable bonds is 6. The molecule has 0 bridgehead atoms. The Labute approximate surface area is 140 Å². The molecule has 7 nitrogen and oxygen atoms in total. The second-order valence-electron chi connectivity index (χ2n) is 5.77. The number of nitrogens with one attached hydrogen (secondary N) is 1. The van der Waals surface area contributed by atoms with Gasteiger partial charge in [-0.2, -0.15) is 20.2 Å². The summed E-state index contributed by atoms with van der Waals surface area (Å²) in [4.78, 5) is 0. The normalized spacial score (nSPS) is 16.8. The number of nitrogens with zero attached hydrogens (tertiary/aromatic N) is 2. The Kier molecular flexibility index (Phi) is 5.33. The Balaban J connectivity index is 1.78. The smallest absolute Gasteiger partial charge is 0.367 e. The molecule has 0 fully saturated rings. The summed E-state index contributed by atoms with van der Waals surface area (Å²) >= 11 is 1.72. The third-order valence-corrected chi connectivity index (χ3v) is 5.01. The van der Waals surface area contributed by atoms with Crippen LogP contribution in [0.5, 0.6) is 0 Å². The van der Waals surface area contributed by atoms with Crippen molar-refractivity contribution < 1.29 is 8.42 Å². The molecule has 0 spiro atoms. The lowest BCUT2D eigenvalue weighted by Gasteiger charge is -2.19. The molecule has 0 saturated heterocycles. The highest BCUT2D eigenvalue weighted by atomic mass is 32.2. The van der Waals surface area contributed by atoms with Gasteiger partial charge in [0.2, 0.25) is 0 Å². The van der Waals surface area contributed by atoms with E-state index >= 15 is 0 Å². The van der Waals surface area contributed by atoms with E-state index in [9.17, 15) is 8.42 Å². The summed E-state index contributed by atoms with van der Waals surface area (Å²) in [5.41, 5.74) is 13.5. The van der Waals surface area contributed by atoms with Crippen LogP contribution in [0.25, 0.3) is 0 Å². The second-order valence-corrected chi connectivity index (χ2v) is 8.13. The summed E-state index contributed by atoms with van der Waals surface area (Å²) in [5.74, 6) is 1.66. The van der Waals surface area contributed by atoms with E-state index in [1.807, 2.05) is 26.0 Å². The van der Waals surface area contributed by atoms with E-state index in [0.29, 0.717) is 6.54 Å². The molecule has 9 heteroatoms. The van der Waals surface area contributed by atoms with Gasteiger partial charge < -0.3 is 16.8 Å². The zero-order chi connectivity index (χ0) is 17.1. The summed E-state index contributed by atoms with van der Waals surface area (Å²) in [6, 6.07) is 8.20.